The van der Waals surface area contributed by atoms with Crippen LogP contribution >= 0.6 is 15.9 Å². The third-order valence-electron chi connectivity index (χ3n) is 3.56. The van der Waals surface area contributed by atoms with Gasteiger partial charge in [0.25, 0.3) is 0 Å². The number of benzene rings is 2. The highest BCUT2D eigenvalue weighted by Crippen LogP contribution is 2.26. The van der Waals surface area contributed by atoms with E-state index in [4.69, 9.17) is 5.73 Å². The Balaban J connectivity index is 2.47. The van der Waals surface area contributed by atoms with E-state index in [1.807, 2.05) is 18.2 Å². The molecular formula is C17H17BrFNO. The largest absolute Gasteiger partial charge is 0.396 e. The minimum Gasteiger partial charge on any atom is -0.396 e. The van der Waals surface area contributed by atoms with Gasteiger partial charge in [0.15, 0.2) is 5.78 Å². The van der Waals surface area contributed by atoms with Crippen molar-refractivity contribution in [2.75, 3.05) is 5.73 Å². The second kappa shape index (κ2) is 6.39. The third-order valence-corrected chi connectivity index (χ3v) is 4.22. The first-order valence-electron chi connectivity index (χ1n) is 6.88. The molecule has 0 atom stereocenters. The molecule has 0 aliphatic carbocycles. The number of ketones is 1. The molecule has 0 radical (unpaired) electrons. The van der Waals surface area contributed by atoms with Gasteiger partial charge in [-0.05, 0) is 58.1 Å². The maximum absolute atomic E-state index is 13.4. The molecule has 2 nitrogen and oxygen atoms in total. The Hall–Kier alpha value is -1.68. The number of carbonyl (C=O) groups is 1. The smallest absolute Gasteiger partial charge is 0.194 e. The van der Waals surface area contributed by atoms with Crippen LogP contribution < -0.4 is 5.73 Å². The van der Waals surface area contributed by atoms with Crippen LogP contribution in [0.1, 0.15) is 40.9 Å². The van der Waals surface area contributed by atoms with E-state index in [9.17, 15) is 9.18 Å². The standard InChI is InChI=1S/C17H17BrFNO/c1-3-10-5-6-12(7-11(10)4-2)17(21)13-8-16(20)15(19)9-14(13)18/h5-9H,3-4,20H2,1-2H3. The van der Waals surface area contributed by atoms with Crippen molar-refractivity contribution in [1.29, 1.82) is 0 Å². The summed E-state index contributed by atoms with van der Waals surface area (Å²) in [6.07, 6.45) is 1.81. The molecule has 0 bridgehead atoms. The van der Waals surface area contributed by atoms with E-state index in [-0.39, 0.29) is 11.5 Å². The minimum atomic E-state index is -0.533. The summed E-state index contributed by atoms with van der Waals surface area (Å²) in [5, 5.41) is 0. The van der Waals surface area contributed by atoms with Crippen LogP contribution in [0.4, 0.5) is 10.1 Å². The van der Waals surface area contributed by atoms with Crippen molar-refractivity contribution in [1.82, 2.24) is 0 Å². The van der Waals surface area contributed by atoms with Gasteiger partial charge in [-0.25, -0.2) is 4.39 Å². The van der Waals surface area contributed by atoms with Crippen LogP contribution in [0.2, 0.25) is 0 Å². The molecule has 21 heavy (non-hydrogen) atoms. The molecule has 0 aliphatic rings. The van der Waals surface area contributed by atoms with Crippen molar-refractivity contribution in [3.63, 3.8) is 0 Å². The van der Waals surface area contributed by atoms with Crippen molar-refractivity contribution in [3.05, 3.63) is 62.9 Å². The SMILES string of the molecule is CCc1ccc(C(=O)c2cc(N)c(F)cc2Br)cc1CC. The highest BCUT2D eigenvalue weighted by atomic mass is 79.9. The van der Waals surface area contributed by atoms with Crippen molar-refractivity contribution in [3.8, 4) is 0 Å². The number of aryl methyl sites for hydroxylation is 2. The Morgan fingerprint density at radius 3 is 2.43 bits per heavy atom. The number of nitrogen functional groups attached to an aromatic ring is 1. The lowest BCUT2D eigenvalue weighted by atomic mass is 9.96. The van der Waals surface area contributed by atoms with Gasteiger partial charge < -0.3 is 5.73 Å². The van der Waals surface area contributed by atoms with E-state index in [1.165, 1.54) is 17.7 Å². The van der Waals surface area contributed by atoms with Gasteiger partial charge in [0.2, 0.25) is 0 Å². The number of nitrogens with two attached hydrogens (primary N) is 1. The van der Waals surface area contributed by atoms with E-state index in [0.29, 0.717) is 15.6 Å². The minimum absolute atomic E-state index is 0.0255. The second-order valence-corrected chi connectivity index (χ2v) is 5.73. The molecule has 110 valence electrons. The van der Waals surface area contributed by atoms with Gasteiger partial charge in [0, 0.05) is 15.6 Å². The van der Waals surface area contributed by atoms with E-state index in [0.717, 1.165) is 18.4 Å². The zero-order valence-corrected chi connectivity index (χ0v) is 13.6. The number of rotatable bonds is 4. The van der Waals surface area contributed by atoms with Crippen LogP contribution in [0.15, 0.2) is 34.8 Å². The second-order valence-electron chi connectivity index (χ2n) is 4.87. The summed E-state index contributed by atoms with van der Waals surface area (Å²) in [7, 11) is 0. The van der Waals surface area contributed by atoms with Crippen molar-refractivity contribution in [2.45, 2.75) is 26.7 Å². The van der Waals surface area contributed by atoms with Crippen LogP contribution in [0.5, 0.6) is 0 Å². The Morgan fingerprint density at radius 2 is 1.81 bits per heavy atom. The molecular weight excluding hydrogens is 333 g/mol. The summed E-state index contributed by atoms with van der Waals surface area (Å²) in [4.78, 5) is 12.6. The number of carbonyl (C=O) groups excluding carboxylic acids is 1. The van der Waals surface area contributed by atoms with Gasteiger partial charge in [0.1, 0.15) is 5.82 Å². The Kier molecular flexibility index (Phi) is 4.78. The fourth-order valence-electron chi connectivity index (χ4n) is 2.34. The highest BCUT2D eigenvalue weighted by Gasteiger charge is 2.16. The summed E-state index contributed by atoms with van der Waals surface area (Å²) in [6, 6.07) is 8.30. The van der Waals surface area contributed by atoms with E-state index in [2.05, 4.69) is 29.8 Å². The lowest BCUT2D eigenvalue weighted by Crippen LogP contribution is -2.06. The number of hydrogen-bond donors (Lipinski definition) is 1. The predicted octanol–water partition coefficient (Wildman–Crippen LogP) is 4.53. The molecule has 2 aromatic carbocycles. The first kappa shape index (κ1) is 15.7. The predicted molar refractivity (Wildman–Crippen MR) is 87.1 cm³/mol. The van der Waals surface area contributed by atoms with E-state index >= 15 is 0 Å². The first-order chi connectivity index (χ1) is 9.97. The van der Waals surface area contributed by atoms with Crippen molar-refractivity contribution >= 4 is 27.4 Å². The van der Waals surface area contributed by atoms with Gasteiger partial charge in [-0.2, -0.15) is 0 Å². The summed E-state index contributed by atoms with van der Waals surface area (Å²) in [5.74, 6) is -0.695. The van der Waals surface area contributed by atoms with E-state index in [1.54, 1.807) is 0 Å². The summed E-state index contributed by atoms with van der Waals surface area (Å²) < 4.78 is 13.8. The summed E-state index contributed by atoms with van der Waals surface area (Å²) in [5.41, 5.74) is 8.91. The van der Waals surface area contributed by atoms with Crippen LogP contribution in [0, 0.1) is 5.82 Å². The van der Waals surface area contributed by atoms with Crippen molar-refractivity contribution < 1.29 is 9.18 Å². The van der Waals surface area contributed by atoms with E-state index < -0.39 is 5.82 Å². The van der Waals surface area contributed by atoms with Gasteiger partial charge >= 0.3 is 0 Å². The molecule has 0 spiro atoms. The fraction of sp³-hybridized carbons (Fsp3) is 0.235. The molecule has 2 aromatic rings. The van der Waals surface area contributed by atoms with Crippen LogP contribution in [-0.4, -0.2) is 5.78 Å². The number of anilines is 1. The van der Waals surface area contributed by atoms with Gasteiger partial charge in [-0.15, -0.1) is 0 Å². The first-order valence-corrected chi connectivity index (χ1v) is 7.68. The summed E-state index contributed by atoms with van der Waals surface area (Å²) in [6.45, 7) is 4.15. The van der Waals surface area contributed by atoms with Gasteiger partial charge in [0.05, 0.1) is 5.69 Å². The quantitative estimate of drug-likeness (QED) is 0.651. The zero-order chi connectivity index (χ0) is 15.6. The molecule has 0 fully saturated rings. The maximum atomic E-state index is 13.4. The topological polar surface area (TPSA) is 43.1 Å². The van der Waals surface area contributed by atoms with Crippen LogP contribution in [0.25, 0.3) is 0 Å². The average Bonchev–Trinajstić information content (AvgIpc) is 2.49. The number of halogens is 2. The van der Waals surface area contributed by atoms with Gasteiger partial charge in [-0.1, -0.05) is 26.0 Å². The molecule has 0 saturated heterocycles. The summed E-state index contributed by atoms with van der Waals surface area (Å²) >= 11 is 3.23. The Bertz CT molecular complexity index is 697. The maximum Gasteiger partial charge on any atom is 0.194 e. The molecule has 2 rings (SSSR count). The molecule has 0 amide bonds. The Labute approximate surface area is 132 Å². The molecule has 0 unspecified atom stereocenters. The molecule has 0 heterocycles. The van der Waals surface area contributed by atoms with Gasteiger partial charge in [-0.3, -0.25) is 4.79 Å². The van der Waals surface area contributed by atoms with Crippen LogP contribution in [-0.2, 0) is 12.8 Å². The fourth-order valence-corrected chi connectivity index (χ4v) is 2.83. The third kappa shape index (κ3) is 3.16. The lowest BCUT2D eigenvalue weighted by molar-refractivity contribution is 0.103. The molecule has 4 heteroatoms. The average molecular weight is 350 g/mol. The van der Waals surface area contributed by atoms with Crippen LogP contribution in [0.3, 0.4) is 0 Å². The zero-order valence-electron chi connectivity index (χ0n) is 12.0. The lowest BCUT2D eigenvalue weighted by Gasteiger charge is -2.10. The normalized spacial score (nSPS) is 10.7. The molecule has 0 saturated carbocycles. The number of hydrogen-bond acceptors (Lipinski definition) is 2. The molecule has 0 aliphatic heterocycles. The monoisotopic (exact) mass is 349 g/mol. The molecule has 0 aromatic heterocycles. The Morgan fingerprint density at radius 1 is 1.14 bits per heavy atom. The highest BCUT2D eigenvalue weighted by molar-refractivity contribution is 9.10. The molecule has 2 N–H and O–H groups in total. The van der Waals surface area contributed by atoms with Crippen molar-refractivity contribution in [2.24, 2.45) is 0 Å².